The van der Waals surface area contributed by atoms with Crippen molar-refractivity contribution in [3.05, 3.63) is 93.8 Å². The van der Waals surface area contributed by atoms with E-state index < -0.39 is 11.1 Å². The number of amides is 1. The Morgan fingerprint density at radius 2 is 1.89 bits per heavy atom. The lowest BCUT2D eigenvalue weighted by atomic mass is 10.2. The normalized spacial score (nSPS) is 15.5. The molecule has 134 valence electrons. The van der Waals surface area contributed by atoms with Gasteiger partial charge in [0.05, 0.1) is 16.2 Å². The molecule has 2 aromatic carbocycles. The molecule has 1 aromatic heterocycles. The van der Waals surface area contributed by atoms with E-state index in [9.17, 15) is 14.9 Å². The maximum Gasteiger partial charge on any atom is 0.271 e. The Morgan fingerprint density at radius 1 is 1.11 bits per heavy atom. The van der Waals surface area contributed by atoms with Gasteiger partial charge in [-0.1, -0.05) is 23.8 Å². The molecular weight excluding hydrogens is 344 g/mol. The summed E-state index contributed by atoms with van der Waals surface area (Å²) in [5, 5.41) is 14.3. The summed E-state index contributed by atoms with van der Waals surface area (Å²) in [7, 11) is 0. The molecule has 0 radical (unpaired) electrons. The first-order valence-electron chi connectivity index (χ1n) is 8.41. The molecule has 1 aliphatic heterocycles. The lowest BCUT2D eigenvalue weighted by Crippen LogP contribution is -2.32. The fraction of sp³-hybridized carbons (Fsp3) is 0.100. The molecule has 1 N–H and O–H groups in total. The van der Waals surface area contributed by atoms with Crippen LogP contribution >= 0.6 is 0 Å². The van der Waals surface area contributed by atoms with E-state index in [-0.39, 0.29) is 11.6 Å². The predicted molar refractivity (Wildman–Crippen MR) is 102 cm³/mol. The Bertz CT molecular complexity index is 1030. The van der Waals surface area contributed by atoms with Crippen LogP contribution in [0.2, 0.25) is 0 Å². The predicted octanol–water partition coefficient (Wildman–Crippen LogP) is 4.07. The number of aromatic nitrogens is 1. The molecule has 1 atom stereocenters. The van der Waals surface area contributed by atoms with Crippen LogP contribution in [-0.2, 0) is 0 Å². The van der Waals surface area contributed by atoms with Crippen molar-refractivity contribution in [3.8, 4) is 0 Å². The van der Waals surface area contributed by atoms with E-state index in [2.05, 4.69) is 10.3 Å². The second-order valence-electron chi connectivity index (χ2n) is 6.30. The van der Waals surface area contributed by atoms with Gasteiger partial charge in [0, 0.05) is 29.7 Å². The number of aryl methyl sites for hydroxylation is 1. The molecule has 0 bridgehead atoms. The van der Waals surface area contributed by atoms with Gasteiger partial charge in [0.15, 0.2) is 6.17 Å². The fourth-order valence-electron chi connectivity index (χ4n) is 3.16. The van der Waals surface area contributed by atoms with Crippen LogP contribution in [0.4, 0.5) is 17.1 Å². The van der Waals surface area contributed by atoms with Crippen LogP contribution in [0.1, 0.15) is 27.8 Å². The number of carbonyl (C=O) groups excluding carboxylic acids is 1. The summed E-state index contributed by atoms with van der Waals surface area (Å²) in [4.78, 5) is 29.6. The molecule has 7 heteroatoms. The lowest BCUT2D eigenvalue weighted by Gasteiger charge is -2.26. The summed E-state index contributed by atoms with van der Waals surface area (Å²) in [6.07, 6.45) is 1.07. The third-order valence-electron chi connectivity index (χ3n) is 4.48. The zero-order valence-corrected chi connectivity index (χ0v) is 14.5. The number of fused-ring (bicyclic) bond motifs is 1. The van der Waals surface area contributed by atoms with Crippen molar-refractivity contribution in [2.75, 3.05) is 10.2 Å². The summed E-state index contributed by atoms with van der Waals surface area (Å²) in [5.74, 6) is -0.162. The van der Waals surface area contributed by atoms with E-state index in [4.69, 9.17) is 0 Å². The highest BCUT2D eigenvalue weighted by Crippen LogP contribution is 2.37. The van der Waals surface area contributed by atoms with Gasteiger partial charge in [-0.2, -0.15) is 0 Å². The summed E-state index contributed by atoms with van der Waals surface area (Å²) >= 11 is 0. The maximum atomic E-state index is 13.0. The van der Waals surface area contributed by atoms with Crippen LogP contribution in [0.25, 0.3) is 0 Å². The molecule has 2 heterocycles. The number of nitro benzene ring substituents is 1. The van der Waals surface area contributed by atoms with Crippen molar-refractivity contribution in [3.63, 3.8) is 0 Å². The summed E-state index contributed by atoms with van der Waals surface area (Å²) < 4.78 is 0. The molecule has 27 heavy (non-hydrogen) atoms. The van der Waals surface area contributed by atoms with Crippen LogP contribution in [0.5, 0.6) is 0 Å². The molecule has 0 saturated carbocycles. The van der Waals surface area contributed by atoms with E-state index in [0.29, 0.717) is 16.9 Å². The minimum atomic E-state index is -0.557. The van der Waals surface area contributed by atoms with Gasteiger partial charge in [0.25, 0.3) is 11.6 Å². The van der Waals surface area contributed by atoms with E-state index in [1.807, 2.05) is 31.2 Å². The zero-order chi connectivity index (χ0) is 19.0. The highest BCUT2D eigenvalue weighted by molar-refractivity contribution is 6.11. The number of anilines is 2. The van der Waals surface area contributed by atoms with Crippen molar-refractivity contribution < 1.29 is 9.72 Å². The molecule has 0 spiro atoms. The van der Waals surface area contributed by atoms with Crippen LogP contribution < -0.4 is 10.2 Å². The number of nitrogens with one attached hydrogen (secondary N) is 1. The Labute approximate surface area is 155 Å². The Balaban J connectivity index is 1.77. The topological polar surface area (TPSA) is 88.4 Å². The number of carbonyl (C=O) groups is 1. The second-order valence-corrected chi connectivity index (χ2v) is 6.30. The SMILES string of the molecule is Cc1ccc(N2C(=O)c3cccnc3C2Nc2cccc([N+](=O)[O-])c2)cc1. The lowest BCUT2D eigenvalue weighted by molar-refractivity contribution is -0.384. The van der Waals surface area contributed by atoms with Gasteiger partial charge >= 0.3 is 0 Å². The number of nitro groups is 1. The molecule has 4 rings (SSSR count). The molecule has 1 amide bonds. The van der Waals surface area contributed by atoms with Crippen molar-refractivity contribution in [2.24, 2.45) is 0 Å². The number of rotatable bonds is 4. The number of hydrogen-bond donors (Lipinski definition) is 1. The van der Waals surface area contributed by atoms with Gasteiger partial charge in [0.1, 0.15) is 0 Å². The van der Waals surface area contributed by atoms with E-state index in [1.165, 1.54) is 12.1 Å². The van der Waals surface area contributed by atoms with Crippen molar-refractivity contribution in [1.82, 2.24) is 4.98 Å². The quantitative estimate of drug-likeness (QED) is 0.560. The highest BCUT2D eigenvalue weighted by Gasteiger charge is 2.39. The summed E-state index contributed by atoms with van der Waals surface area (Å²) in [6.45, 7) is 1.98. The summed E-state index contributed by atoms with van der Waals surface area (Å²) in [5.41, 5.74) is 3.44. The monoisotopic (exact) mass is 360 g/mol. The van der Waals surface area contributed by atoms with Crippen molar-refractivity contribution in [1.29, 1.82) is 0 Å². The first kappa shape index (κ1) is 16.7. The average Bonchev–Trinajstić information content (AvgIpc) is 2.95. The number of pyridine rings is 1. The van der Waals surface area contributed by atoms with Gasteiger partial charge in [-0.3, -0.25) is 24.8 Å². The molecule has 0 fully saturated rings. The smallest absolute Gasteiger partial charge is 0.271 e. The number of non-ortho nitro benzene ring substituents is 1. The van der Waals surface area contributed by atoms with E-state index >= 15 is 0 Å². The van der Waals surface area contributed by atoms with E-state index in [1.54, 1.807) is 35.4 Å². The standard InChI is InChI=1S/C20H16N4O3/c1-13-7-9-15(10-8-13)23-19(18-17(20(23)25)6-3-11-21-18)22-14-4-2-5-16(12-14)24(26)27/h2-12,19,22H,1H3. The maximum absolute atomic E-state index is 13.0. The van der Waals surface area contributed by atoms with Gasteiger partial charge < -0.3 is 5.32 Å². The molecular formula is C20H16N4O3. The van der Waals surface area contributed by atoms with Crippen LogP contribution in [0.3, 0.4) is 0 Å². The third kappa shape index (κ3) is 2.99. The number of benzene rings is 2. The molecule has 3 aromatic rings. The fourth-order valence-corrected chi connectivity index (χ4v) is 3.16. The average molecular weight is 360 g/mol. The molecule has 1 unspecified atom stereocenters. The number of hydrogen-bond acceptors (Lipinski definition) is 5. The van der Waals surface area contributed by atoms with Crippen LogP contribution in [0, 0.1) is 17.0 Å². The Kier molecular flexibility index (Phi) is 4.04. The first-order valence-corrected chi connectivity index (χ1v) is 8.41. The molecule has 0 aliphatic carbocycles. The van der Waals surface area contributed by atoms with Crippen molar-refractivity contribution in [2.45, 2.75) is 13.1 Å². The van der Waals surface area contributed by atoms with E-state index in [0.717, 1.165) is 11.3 Å². The molecule has 0 saturated heterocycles. The highest BCUT2D eigenvalue weighted by atomic mass is 16.6. The number of nitrogens with zero attached hydrogens (tertiary/aromatic N) is 3. The Morgan fingerprint density at radius 3 is 2.63 bits per heavy atom. The van der Waals surface area contributed by atoms with Gasteiger partial charge in [-0.05, 0) is 37.3 Å². The van der Waals surface area contributed by atoms with Gasteiger partial charge in [-0.15, -0.1) is 0 Å². The molecule has 7 nitrogen and oxygen atoms in total. The molecule has 1 aliphatic rings. The minimum absolute atomic E-state index is 0.0209. The zero-order valence-electron chi connectivity index (χ0n) is 14.5. The first-order chi connectivity index (χ1) is 13.0. The van der Waals surface area contributed by atoms with Gasteiger partial charge in [-0.25, -0.2) is 0 Å². The largest absolute Gasteiger partial charge is 0.360 e. The van der Waals surface area contributed by atoms with Crippen LogP contribution in [0.15, 0.2) is 66.9 Å². The second kappa shape index (κ2) is 6.53. The third-order valence-corrected chi connectivity index (χ3v) is 4.48. The van der Waals surface area contributed by atoms with Crippen molar-refractivity contribution >= 4 is 23.0 Å². The minimum Gasteiger partial charge on any atom is -0.360 e. The Hall–Kier alpha value is -3.74. The van der Waals surface area contributed by atoms with Crippen LogP contribution in [-0.4, -0.2) is 15.8 Å². The van der Waals surface area contributed by atoms with Gasteiger partial charge in [0.2, 0.25) is 0 Å². The summed E-state index contributed by atoms with van der Waals surface area (Å²) in [6, 6.07) is 17.3.